The molecule has 1 aromatic heterocycles. The lowest BCUT2D eigenvalue weighted by Gasteiger charge is -2.10. The van der Waals surface area contributed by atoms with Crippen molar-refractivity contribution in [2.45, 2.75) is 33.7 Å². The fourth-order valence-electron chi connectivity index (χ4n) is 3.07. The quantitative estimate of drug-likeness (QED) is 0.594. The van der Waals surface area contributed by atoms with Gasteiger partial charge >= 0.3 is 5.97 Å². The van der Waals surface area contributed by atoms with Crippen LogP contribution in [0, 0.1) is 31.5 Å². The number of ketones is 1. The molecule has 4 nitrogen and oxygen atoms in total. The van der Waals surface area contributed by atoms with E-state index in [2.05, 4.69) is 0 Å². The molecule has 0 saturated heterocycles. The summed E-state index contributed by atoms with van der Waals surface area (Å²) >= 11 is 0. The van der Waals surface area contributed by atoms with Crippen molar-refractivity contribution < 1.29 is 18.7 Å². The average molecular weight is 343 g/mol. The molecule has 0 bridgehead atoms. The number of benzene rings is 1. The molecule has 1 saturated carbocycles. The van der Waals surface area contributed by atoms with Crippen LogP contribution in [0.4, 0.5) is 4.39 Å². The minimum atomic E-state index is -0.277. The summed E-state index contributed by atoms with van der Waals surface area (Å²) < 4.78 is 20.2. The van der Waals surface area contributed by atoms with Crippen molar-refractivity contribution in [1.29, 1.82) is 0 Å². The molecule has 0 aliphatic heterocycles. The third kappa shape index (κ3) is 3.81. The number of ether oxygens (including phenoxy) is 1. The van der Waals surface area contributed by atoms with Gasteiger partial charge in [-0.1, -0.05) is 19.1 Å². The molecule has 1 heterocycles. The second kappa shape index (κ2) is 6.82. The van der Waals surface area contributed by atoms with Crippen LogP contribution in [0.3, 0.4) is 0 Å². The molecule has 25 heavy (non-hydrogen) atoms. The van der Waals surface area contributed by atoms with Gasteiger partial charge < -0.3 is 9.30 Å². The second-order valence-corrected chi connectivity index (χ2v) is 6.85. The molecule has 0 amide bonds. The molecule has 0 spiro atoms. The van der Waals surface area contributed by atoms with Crippen LogP contribution >= 0.6 is 0 Å². The Morgan fingerprint density at radius 1 is 1.24 bits per heavy atom. The van der Waals surface area contributed by atoms with Gasteiger partial charge in [0.15, 0.2) is 6.61 Å². The van der Waals surface area contributed by atoms with Crippen LogP contribution in [0.15, 0.2) is 30.3 Å². The SMILES string of the molecule is Cc1cc(C(=O)COC(=O)C2CC2C)c(C)n1Cc1ccc(F)cc1. The van der Waals surface area contributed by atoms with Crippen molar-refractivity contribution >= 4 is 11.8 Å². The van der Waals surface area contributed by atoms with Gasteiger partial charge in [-0.2, -0.15) is 0 Å². The molecule has 3 rings (SSSR count). The Balaban J connectivity index is 1.69. The van der Waals surface area contributed by atoms with Crippen LogP contribution in [0.1, 0.15) is 40.7 Å². The predicted molar refractivity (Wildman–Crippen MR) is 92.0 cm³/mol. The number of halogens is 1. The van der Waals surface area contributed by atoms with E-state index in [0.717, 1.165) is 23.4 Å². The van der Waals surface area contributed by atoms with Gasteiger partial charge in [0, 0.05) is 23.5 Å². The zero-order chi connectivity index (χ0) is 18.1. The highest BCUT2D eigenvalue weighted by Gasteiger charge is 2.40. The number of carbonyl (C=O) groups is 2. The van der Waals surface area contributed by atoms with E-state index in [1.165, 1.54) is 12.1 Å². The maximum atomic E-state index is 13.0. The zero-order valence-electron chi connectivity index (χ0n) is 14.7. The normalized spacial score (nSPS) is 18.9. The van der Waals surface area contributed by atoms with E-state index in [9.17, 15) is 14.0 Å². The number of carbonyl (C=O) groups excluding carboxylic acids is 2. The number of hydrogen-bond donors (Lipinski definition) is 0. The molecule has 132 valence electrons. The number of aromatic nitrogens is 1. The van der Waals surface area contributed by atoms with Crippen LogP contribution in [0.2, 0.25) is 0 Å². The molecule has 2 aromatic rings. The van der Waals surface area contributed by atoms with Crippen molar-refractivity contribution in [2.24, 2.45) is 11.8 Å². The molecule has 5 heteroatoms. The zero-order valence-corrected chi connectivity index (χ0v) is 14.7. The van der Waals surface area contributed by atoms with E-state index in [4.69, 9.17) is 4.74 Å². The first-order valence-electron chi connectivity index (χ1n) is 8.48. The van der Waals surface area contributed by atoms with Crippen molar-refractivity contribution in [2.75, 3.05) is 6.61 Å². The molecule has 1 aromatic carbocycles. The van der Waals surface area contributed by atoms with Crippen molar-refractivity contribution in [3.63, 3.8) is 0 Å². The molecule has 1 aliphatic carbocycles. The van der Waals surface area contributed by atoms with Gasteiger partial charge in [0.1, 0.15) is 5.82 Å². The van der Waals surface area contributed by atoms with E-state index in [1.807, 2.05) is 31.4 Å². The fourth-order valence-corrected chi connectivity index (χ4v) is 3.07. The molecule has 2 atom stereocenters. The maximum Gasteiger partial charge on any atom is 0.309 e. The van der Waals surface area contributed by atoms with E-state index in [0.29, 0.717) is 18.0 Å². The lowest BCUT2D eigenvalue weighted by atomic mass is 10.1. The van der Waals surface area contributed by atoms with Crippen LogP contribution < -0.4 is 0 Å². The summed E-state index contributed by atoms with van der Waals surface area (Å²) in [6.07, 6.45) is 0.846. The van der Waals surface area contributed by atoms with E-state index >= 15 is 0 Å². The summed E-state index contributed by atoms with van der Waals surface area (Å²) in [6, 6.07) is 8.12. The summed E-state index contributed by atoms with van der Waals surface area (Å²) in [4.78, 5) is 24.2. The molecule has 0 radical (unpaired) electrons. The number of nitrogens with zero attached hydrogens (tertiary/aromatic N) is 1. The lowest BCUT2D eigenvalue weighted by molar-refractivity contribution is -0.144. The minimum Gasteiger partial charge on any atom is -0.457 e. The van der Waals surface area contributed by atoms with Gasteiger partial charge in [0.25, 0.3) is 0 Å². The first-order chi connectivity index (χ1) is 11.9. The topological polar surface area (TPSA) is 48.3 Å². The maximum absolute atomic E-state index is 13.0. The van der Waals surface area contributed by atoms with Gasteiger partial charge in [-0.05, 0) is 49.9 Å². The monoisotopic (exact) mass is 343 g/mol. The minimum absolute atomic E-state index is 0.0429. The van der Waals surface area contributed by atoms with Crippen LogP contribution in [-0.2, 0) is 16.1 Å². The summed E-state index contributed by atoms with van der Waals surface area (Å²) in [5, 5.41) is 0. The van der Waals surface area contributed by atoms with Crippen molar-refractivity contribution in [1.82, 2.24) is 4.57 Å². The highest BCUT2D eigenvalue weighted by molar-refractivity contribution is 5.99. The van der Waals surface area contributed by atoms with Gasteiger partial charge in [0.05, 0.1) is 5.92 Å². The summed E-state index contributed by atoms with van der Waals surface area (Å²) in [5.74, 6) is -0.421. The molecule has 1 aliphatic rings. The van der Waals surface area contributed by atoms with E-state index < -0.39 is 0 Å². The number of aryl methyl sites for hydroxylation is 1. The summed E-state index contributed by atoms with van der Waals surface area (Å²) in [5.41, 5.74) is 3.28. The van der Waals surface area contributed by atoms with Crippen molar-refractivity contribution in [3.05, 3.63) is 58.7 Å². The van der Waals surface area contributed by atoms with Crippen molar-refractivity contribution in [3.8, 4) is 0 Å². The molecule has 1 fully saturated rings. The van der Waals surface area contributed by atoms with Crippen LogP contribution in [0.25, 0.3) is 0 Å². The highest BCUT2D eigenvalue weighted by Crippen LogP contribution is 2.38. The number of rotatable bonds is 6. The van der Waals surface area contributed by atoms with Crippen LogP contribution in [0.5, 0.6) is 0 Å². The standard InChI is InChI=1S/C20H22FNO3/c1-12-8-17(12)20(24)25-11-19(23)18-9-13(2)22(14(18)3)10-15-4-6-16(21)7-5-15/h4-7,9,12,17H,8,10-11H2,1-3H3. The lowest BCUT2D eigenvalue weighted by Crippen LogP contribution is -2.16. The second-order valence-electron chi connectivity index (χ2n) is 6.85. The Bertz CT molecular complexity index is 807. The van der Waals surface area contributed by atoms with Gasteiger partial charge in [-0.15, -0.1) is 0 Å². The first kappa shape index (κ1) is 17.4. The Labute approximate surface area is 146 Å². The van der Waals surface area contributed by atoms with Crippen LogP contribution in [-0.4, -0.2) is 22.9 Å². The number of hydrogen-bond acceptors (Lipinski definition) is 3. The summed E-state index contributed by atoms with van der Waals surface area (Å²) in [6.45, 7) is 6.13. The third-order valence-electron chi connectivity index (χ3n) is 4.89. The molecule has 0 N–H and O–H groups in total. The molecular weight excluding hydrogens is 321 g/mol. The summed E-state index contributed by atoms with van der Waals surface area (Å²) in [7, 11) is 0. The van der Waals surface area contributed by atoms with E-state index in [-0.39, 0.29) is 30.1 Å². The Morgan fingerprint density at radius 2 is 1.88 bits per heavy atom. The van der Waals surface area contributed by atoms with Gasteiger partial charge in [-0.25, -0.2) is 4.39 Å². The first-order valence-corrected chi connectivity index (χ1v) is 8.48. The largest absolute Gasteiger partial charge is 0.457 e. The predicted octanol–water partition coefficient (Wildman–Crippen LogP) is 3.67. The fraction of sp³-hybridized carbons (Fsp3) is 0.400. The number of esters is 1. The smallest absolute Gasteiger partial charge is 0.309 e. The Hall–Kier alpha value is -2.43. The third-order valence-corrected chi connectivity index (χ3v) is 4.89. The Morgan fingerprint density at radius 3 is 2.48 bits per heavy atom. The number of Topliss-reactive ketones (excluding diaryl/α,β-unsaturated/α-hetero) is 1. The Kier molecular flexibility index (Phi) is 4.75. The molecular formula is C20H22FNO3. The van der Waals surface area contributed by atoms with Gasteiger partial charge in [-0.3, -0.25) is 9.59 Å². The van der Waals surface area contributed by atoms with Gasteiger partial charge in [0.2, 0.25) is 5.78 Å². The average Bonchev–Trinajstić information content (AvgIpc) is 3.25. The molecule has 2 unspecified atom stereocenters. The highest BCUT2D eigenvalue weighted by atomic mass is 19.1. The van der Waals surface area contributed by atoms with E-state index in [1.54, 1.807) is 12.1 Å².